The van der Waals surface area contributed by atoms with E-state index in [-0.39, 0.29) is 18.6 Å². The number of ether oxygens (including phenoxy) is 3. The lowest BCUT2D eigenvalue weighted by atomic mass is 10.1. The van der Waals surface area contributed by atoms with Gasteiger partial charge in [0.2, 0.25) is 5.91 Å². The number of nitrogens with one attached hydrogen (secondary N) is 2. The largest absolute Gasteiger partial charge is 0.482 e. The Labute approximate surface area is 128 Å². The summed E-state index contributed by atoms with van der Waals surface area (Å²) in [4.78, 5) is 23.1. The number of anilines is 1. The summed E-state index contributed by atoms with van der Waals surface area (Å²) in [6.45, 7) is 3.36. The Morgan fingerprint density at radius 3 is 2.91 bits per heavy atom. The van der Waals surface area contributed by atoms with Crippen molar-refractivity contribution in [1.29, 1.82) is 0 Å². The summed E-state index contributed by atoms with van der Waals surface area (Å²) in [7, 11) is 1.30. The fourth-order valence-electron chi connectivity index (χ4n) is 2.02. The van der Waals surface area contributed by atoms with Crippen LogP contribution in [0.25, 0.3) is 0 Å². The molecule has 1 aliphatic rings. The highest BCUT2D eigenvalue weighted by molar-refractivity contribution is 5.95. The zero-order valence-corrected chi connectivity index (χ0v) is 12.7. The molecule has 2 rings (SSSR count). The van der Waals surface area contributed by atoms with Crippen molar-refractivity contribution in [3.05, 3.63) is 23.8 Å². The number of hydrogen-bond acceptors (Lipinski definition) is 6. The Kier molecular flexibility index (Phi) is 5.74. The van der Waals surface area contributed by atoms with Crippen LogP contribution < -0.4 is 15.4 Å². The van der Waals surface area contributed by atoms with Gasteiger partial charge in [0.15, 0.2) is 6.61 Å². The maximum absolute atomic E-state index is 12.1. The molecule has 22 heavy (non-hydrogen) atoms. The van der Waals surface area contributed by atoms with Crippen molar-refractivity contribution in [2.45, 2.75) is 13.0 Å². The number of aryl methyl sites for hydroxylation is 1. The molecule has 1 heterocycles. The van der Waals surface area contributed by atoms with E-state index in [9.17, 15) is 9.59 Å². The summed E-state index contributed by atoms with van der Waals surface area (Å²) in [5, 5.41) is 5.95. The van der Waals surface area contributed by atoms with Crippen molar-refractivity contribution in [1.82, 2.24) is 5.32 Å². The van der Waals surface area contributed by atoms with Crippen molar-refractivity contribution >= 4 is 17.6 Å². The molecule has 1 unspecified atom stereocenters. The molecule has 0 aliphatic carbocycles. The fraction of sp³-hybridized carbons (Fsp3) is 0.467. The van der Waals surface area contributed by atoms with E-state index >= 15 is 0 Å². The quantitative estimate of drug-likeness (QED) is 0.769. The topological polar surface area (TPSA) is 85.9 Å². The lowest BCUT2D eigenvalue weighted by Crippen LogP contribution is -2.48. The molecule has 0 bridgehead atoms. The Bertz CT molecular complexity index is 541. The zero-order chi connectivity index (χ0) is 15.9. The molecule has 1 saturated heterocycles. The molecule has 1 atom stereocenters. The lowest BCUT2D eigenvalue weighted by Gasteiger charge is -2.23. The molecule has 1 aliphatic heterocycles. The van der Waals surface area contributed by atoms with E-state index in [1.54, 1.807) is 18.2 Å². The first kappa shape index (κ1) is 16.3. The van der Waals surface area contributed by atoms with Gasteiger partial charge >= 0.3 is 5.97 Å². The average molecular weight is 308 g/mol. The van der Waals surface area contributed by atoms with Crippen LogP contribution in [0.3, 0.4) is 0 Å². The first-order valence-corrected chi connectivity index (χ1v) is 7.02. The predicted molar refractivity (Wildman–Crippen MR) is 79.9 cm³/mol. The molecule has 2 N–H and O–H groups in total. The highest BCUT2D eigenvalue weighted by Gasteiger charge is 2.21. The number of amides is 1. The standard InChI is InChI=1S/C15H20N2O5/c1-10-7-11(22-9-14(18)20-2)3-4-12(10)17-15(19)13-8-21-6-5-16-13/h3-4,7,13,16H,5-6,8-9H2,1-2H3,(H,17,19). The number of esters is 1. The SMILES string of the molecule is COC(=O)COc1ccc(NC(=O)C2COCCN2)c(C)c1. The number of carbonyl (C=O) groups is 2. The first-order chi connectivity index (χ1) is 10.6. The first-order valence-electron chi connectivity index (χ1n) is 7.02. The number of hydrogen-bond donors (Lipinski definition) is 2. The van der Waals surface area contributed by atoms with E-state index in [1.807, 2.05) is 6.92 Å². The van der Waals surface area contributed by atoms with E-state index < -0.39 is 5.97 Å². The summed E-state index contributed by atoms with van der Waals surface area (Å²) in [5.41, 5.74) is 1.54. The van der Waals surface area contributed by atoms with Crippen LogP contribution >= 0.6 is 0 Å². The second kappa shape index (κ2) is 7.77. The smallest absolute Gasteiger partial charge is 0.343 e. The minimum absolute atomic E-state index is 0.133. The molecule has 1 aromatic rings. The van der Waals surface area contributed by atoms with Crippen molar-refractivity contribution in [2.75, 3.05) is 38.8 Å². The van der Waals surface area contributed by atoms with E-state index in [2.05, 4.69) is 15.4 Å². The van der Waals surface area contributed by atoms with Crippen LogP contribution in [0.1, 0.15) is 5.56 Å². The van der Waals surface area contributed by atoms with Gasteiger partial charge in [0.25, 0.3) is 0 Å². The molecule has 1 amide bonds. The second-order valence-electron chi connectivity index (χ2n) is 4.91. The summed E-state index contributed by atoms with van der Waals surface area (Å²) in [6, 6.07) is 4.84. The van der Waals surface area contributed by atoms with E-state index in [1.165, 1.54) is 7.11 Å². The van der Waals surface area contributed by atoms with Gasteiger partial charge in [-0.15, -0.1) is 0 Å². The number of benzene rings is 1. The Morgan fingerprint density at radius 1 is 1.45 bits per heavy atom. The van der Waals surface area contributed by atoms with Gasteiger partial charge in [0, 0.05) is 12.2 Å². The normalized spacial score (nSPS) is 17.6. The zero-order valence-electron chi connectivity index (χ0n) is 12.7. The molecule has 1 fully saturated rings. The van der Waals surface area contributed by atoms with E-state index in [0.717, 1.165) is 5.56 Å². The molecule has 120 valence electrons. The number of carbonyl (C=O) groups excluding carboxylic acids is 2. The maximum Gasteiger partial charge on any atom is 0.343 e. The van der Waals surface area contributed by atoms with Crippen molar-refractivity contribution in [3.8, 4) is 5.75 Å². The highest BCUT2D eigenvalue weighted by Crippen LogP contribution is 2.21. The highest BCUT2D eigenvalue weighted by atomic mass is 16.6. The van der Waals surface area contributed by atoms with Crippen molar-refractivity contribution in [3.63, 3.8) is 0 Å². The molecule has 0 aromatic heterocycles. The Hall–Kier alpha value is -2.12. The lowest BCUT2D eigenvalue weighted by molar-refractivity contribution is -0.142. The van der Waals surface area contributed by atoms with E-state index in [0.29, 0.717) is 31.2 Å². The Balaban J connectivity index is 1.94. The third kappa shape index (κ3) is 4.44. The van der Waals surface area contributed by atoms with Crippen molar-refractivity contribution in [2.24, 2.45) is 0 Å². The molecule has 1 aromatic carbocycles. The number of rotatable bonds is 5. The van der Waals surface area contributed by atoms with Crippen LogP contribution in [0.4, 0.5) is 5.69 Å². The molecular formula is C15H20N2O5. The van der Waals surface area contributed by atoms with Gasteiger partial charge in [-0.05, 0) is 30.7 Å². The van der Waals surface area contributed by atoms with Crippen LogP contribution in [0.5, 0.6) is 5.75 Å². The van der Waals surface area contributed by atoms with Crippen LogP contribution in [0.2, 0.25) is 0 Å². The molecule has 7 heteroatoms. The van der Waals surface area contributed by atoms with Gasteiger partial charge in [-0.2, -0.15) is 0 Å². The van der Waals surface area contributed by atoms with Gasteiger partial charge in [0.1, 0.15) is 11.8 Å². The third-order valence-corrected chi connectivity index (χ3v) is 3.28. The summed E-state index contributed by atoms with van der Waals surface area (Å²) in [6.07, 6.45) is 0. The average Bonchev–Trinajstić information content (AvgIpc) is 2.55. The molecule has 0 saturated carbocycles. The summed E-state index contributed by atoms with van der Waals surface area (Å²) >= 11 is 0. The number of morpholine rings is 1. The van der Waals surface area contributed by atoms with Gasteiger partial charge in [-0.25, -0.2) is 4.79 Å². The molecule has 0 radical (unpaired) electrons. The van der Waals surface area contributed by atoms with Gasteiger partial charge in [0.05, 0.1) is 20.3 Å². The van der Waals surface area contributed by atoms with Gasteiger partial charge < -0.3 is 24.8 Å². The molecule has 0 spiro atoms. The van der Waals surface area contributed by atoms with E-state index in [4.69, 9.17) is 9.47 Å². The number of methoxy groups -OCH3 is 1. The third-order valence-electron chi connectivity index (χ3n) is 3.28. The monoisotopic (exact) mass is 308 g/mol. The van der Waals surface area contributed by atoms with Crippen molar-refractivity contribution < 1.29 is 23.8 Å². The Morgan fingerprint density at radius 2 is 2.27 bits per heavy atom. The van der Waals surface area contributed by atoms with Gasteiger partial charge in [-0.3, -0.25) is 4.79 Å². The van der Waals surface area contributed by atoms with Crippen LogP contribution in [-0.4, -0.2) is 51.4 Å². The second-order valence-corrected chi connectivity index (χ2v) is 4.91. The van der Waals surface area contributed by atoms with Crippen LogP contribution in [0.15, 0.2) is 18.2 Å². The fourth-order valence-corrected chi connectivity index (χ4v) is 2.02. The predicted octanol–water partition coefficient (Wildman–Crippen LogP) is 0.474. The minimum Gasteiger partial charge on any atom is -0.482 e. The van der Waals surface area contributed by atoms with Crippen LogP contribution in [-0.2, 0) is 19.1 Å². The summed E-state index contributed by atoms with van der Waals surface area (Å²) < 4.78 is 15.1. The van der Waals surface area contributed by atoms with Crippen LogP contribution in [0, 0.1) is 6.92 Å². The molecule has 7 nitrogen and oxygen atoms in total. The molecular weight excluding hydrogens is 288 g/mol. The maximum atomic E-state index is 12.1. The van der Waals surface area contributed by atoms with Gasteiger partial charge in [-0.1, -0.05) is 0 Å². The summed E-state index contributed by atoms with van der Waals surface area (Å²) in [5.74, 6) is -0.0375. The minimum atomic E-state index is -0.446.